The van der Waals surface area contributed by atoms with Gasteiger partial charge in [0, 0.05) is 37.9 Å². The highest BCUT2D eigenvalue weighted by atomic mass is 16.6. The van der Waals surface area contributed by atoms with Crippen LogP contribution in [0.3, 0.4) is 0 Å². The molecule has 4 aromatic rings. The number of nitrogens with zero attached hydrogens (tertiary/aromatic N) is 4. The lowest BCUT2D eigenvalue weighted by Gasteiger charge is -2.32. The quantitative estimate of drug-likeness (QED) is 0.206. The fourth-order valence-electron chi connectivity index (χ4n) is 5.73. The van der Waals surface area contributed by atoms with E-state index in [0.717, 1.165) is 68.0 Å². The summed E-state index contributed by atoms with van der Waals surface area (Å²) in [6.07, 6.45) is 3.46. The van der Waals surface area contributed by atoms with E-state index in [0.29, 0.717) is 18.8 Å². The molecule has 0 saturated carbocycles. The SMILES string of the molecule is Cc1cccc(CCc2ccc3nc(NC4CCN(CCNC(=O)OC(C)(C)C)CC4)n(Cc4nc(C)ccc4O)c3c2)c1. The van der Waals surface area contributed by atoms with Crippen LogP contribution in [-0.4, -0.2) is 68.5 Å². The molecule has 0 bridgehead atoms. The Morgan fingerprint density at radius 1 is 1.00 bits per heavy atom. The Bertz CT molecular complexity index is 1580. The first-order chi connectivity index (χ1) is 21.0. The van der Waals surface area contributed by atoms with Gasteiger partial charge in [0.05, 0.1) is 17.6 Å². The second-order valence-electron chi connectivity index (χ2n) is 12.9. The first kappa shape index (κ1) is 31.3. The van der Waals surface area contributed by atoms with Crippen LogP contribution in [0.15, 0.2) is 54.6 Å². The number of hydrogen-bond acceptors (Lipinski definition) is 7. The Labute approximate surface area is 260 Å². The van der Waals surface area contributed by atoms with E-state index in [9.17, 15) is 9.90 Å². The Morgan fingerprint density at radius 3 is 2.48 bits per heavy atom. The van der Waals surface area contributed by atoms with Crippen molar-refractivity contribution in [1.82, 2.24) is 24.8 Å². The number of benzene rings is 2. The second kappa shape index (κ2) is 13.7. The molecule has 0 atom stereocenters. The number of carbonyl (C=O) groups excluding carboxylic acids is 1. The molecule has 1 saturated heterocycles. The summed E-state index contributed by atoms with van der Waals surface area (Å²) in [5, 5.41) is 17.2. The van der Waals surface area contributed by atoms with Crippen LogP contribution in [0.5, 0.6) is 5.75 Å². The number of nitrogens with one attached hydrogen (secondary N) is 2. The number of piperidine rings is 1. The summed E-state index contributed by atoms with van der Waals surface area (Å²) in [6.45, 7) is 13.3. The molecule has 0 spiro atoms. The molecule has 0 unspecified atom stereocenters. The molecule has 3 N–H and O–H groups in total. The lowest BCUT2D eigenvalue weighted by atomic mass is 10.0. The normalized spacial score (nSPS) is 14.6. The number of alkyl carbamates (subject to hydrolysis) is 1. The maximum atomic E-state index is 12.0. The second-order valence-corrected chi connectivity index (χ2v) is 12.9. The number of aromatic nitrogens is 3. The smallest absolute Gasteiger partial charge is 0.407 e. The zero-order chi connectivity index (χ0) is 31.3. The first-order valence-corrected chi connectivity index (χ1v) is 15.7. The van der Waals surface area contributed by atoms with E-state index < -0.39 is 5.60 Å². The first-order valence-electron chi connectivity index (χ1n) is 15.7. The minimum absolute atomic E-state index is 0.187. The van der Waals surface area contributed by atoms with Gasteiger partial charge >= 0.3 is 6.09 Å². The summed E-state index contributed by atoms with van der Waals surface area (Å²) in [4.78, 5) is 24.0. The molecule has 3 heterocycles. The number of aromatic hydroxyl groups is 1. The Kier molecular flexibility index (Phi) is 9.74. The minimum atomic E-state index is -0.498. The summed E-state index contributed by atoms with van der Waals surface area (Å²) in [7, 11) is 0. The van der Waals surface area contributed by atoms with E-state index in [-0.39, 0.29) is 17.9 Å². The molecule has 2 aromatic heterocycles. The number of likely N-dealkylation sites (tertiary alicyclic amines) is 1. The van der Waals surface area contributed by atoms with Crippen molar-refractivity contribution in [3.63, 3.8) is 0 Å². The molecule has 9 heteroatoms. The number of anilines is 1. The molecular weight excluding hydrogens is 552 g/mol. The van der Waals surface area contributed by atoms with Crippen LogP contribution in [0.2, 0.25) is 0 Å². The fraction of sp³-hybridized carbons (Fsp3) is 0.457. The van der Waals surface area contributed by atoms with Crippen LogP contribution in [0, 0.1) is 13.8 Å². The average molecular weight is 599 g/mol. The van der Waals surface area contributed by atoms with Gasteiger partial charge in [-0.2, -0.15) is 0 Å². The third-order valence-electron chi connectivity index (χ3n) is 8.01. The number of fused-ring (bicyclic) bond motifs is 1. The highest BCUT2D eigenvalue weighted by Crippen LogP contribution is 2.27. The molecule has 9 nitrogen and oxygen atoms in total. The number of ether oxygens (including phenoxy) is 1. The molecule has 5 rings (SSSR count). The highest BCUT2D eigenvalue weighted by molar-refractivity contribution is 5.80. The fourth-order valence-corrected chi connectivity index (χ4v) is 5.73. The van der Waals surface area contributed by atoms with E-state index >= 15 is 0 Å². The molecule has 234 valence electrons. The number of imidazole rings is 1. The maximum Gasteiger partial charge on any atom is 0.407 e. The summed E-state index contributed by atoms with van der Waals surface area (Å²) in [6, 6.07) is 19.0. The minimum Gasteiger partial charge on any atom is -0.506 e. The predicted octanol–water partition coefficient (Wildman–Crippen LogP) is 5.99. The van der Waals surface area contributed by atoms with Crippen LogP contribution in [0.4, 0.5) is 10.7 Å². The van der Waals surface area contributed by atoms with Crippen molar-refractivity contribution in [3.05, 3.63) is 82.7 Å². The number of hydrogen-bond donors (Lipinski definition) is 3. The molecule has 2 aromatic carbocycles. The largest absolute Gasteiger partial charge is 0.506 e. The van der Waals surface area contributed by atoms with Crippen molar-refractivity contribution in [3.8, 4) is 5.75 Å². The van der Waals surface area contributed by atoms with Gasteiger partial charge in [0.1, 0.15) is 17.0 Å². The van der Waals surface area contributed by atoms with Crippen LogP contribution in [-0.2, 0) is 24.1 Å². The van der Waals surface area contributed by atoms with Crippen LogP contribution in [0.1, 0.15) is 61.7 Å². The average Bonchev–Trinajstić information content (AvgIpc) is 3.29. The molecule has 1 aliphatic rings. The molecule has 0 radical (unpaired) electrons. The molecular formula is C35H46N6O3. The number of aryl methyl sites for hydroxylation is 4. The van der Waals surface area contributed by atoms with Crippen LogP contribution < -0.4 is 10.6 Å². The van der Waals surface area contributed by atoms with Crippen molar-refractivity contribution < 1.29 is 14.6 Å². The third-order valence-corrected chi connectivity index (χ3v) is 8.01. The summed E-state index contributed by atoms with van der Waals surface area (Å²) in [5.41, 5.74) is 6.81. The predicted molar refractivity (Wildman–Crippen MR) is 175 cm³/mol. The van der Waals surface area contributed by atoms with E-state index in [1.165, 1.54) is 16.7 Å². The van der Waals surface area contributed by atoms with Gasteiger partial charge in [-0.3, -0.25) is 4.98 Å². The molecule has 44 heavy (non-hydrogen) atoms. The van der Waals surface area contributed by atoms with E-state index in [2.05, 4.69) is 74.5 Å². The molecule has 1 aliphatic heterocycles. The van der Waals surface area contributed by atoms with Crippen molar-refractivity contribution >= 4 is 23.1 Å². The van der Waals surface area contributed by atoms with Gasteiger partial charge in [-0.25, -0.2) is 9.78 Å². The zero-order valence-corrected chi connectivity index (χ0v) is 26.7. The van der Waals surface area contributed by atoms with Crippen LogP contribution >= 0.6 is 0 Å². The van der Waals surface area contributed by atoms with Crippen molar-refractivity contribution in [2.24, 2.45) is 0 Å². The topological polar surface area (TPSA) is 105 Å². The van der Waals surface area contributed by atoms with Crippen molar-refractivity contribution in [2.75, 3.05) is 31.5 Å². The van der Waals surface area contributed by atoms with Gasteiger partial charge in [-0.15, -0.1) is 0 Å². The Morgan fingerprint density at radius 2 is 1.75 bits per heavy atom. The van der Waals surface area contributed by atoms with E-state index in [4.69, 9.17) is 9.72 Å². The monoisotopic (exact) mass is 598 g/mol. The highest BCUT2D eigenvalue weighted by Gasteiger charge is 2.23. The number of pyridine rings is 1. The molecule has 1 fully saturated rings. The molecule has 0 aliphatic carbocycles. The summed E-state index contributed by atoms with van der Waals surface area (Å²) >= 11 is 0. The van der Waals surface area contributed by atoms with Crippen LogP contribution in [0.25, 0.3) is 11.0 Å². The number of carbonyl (C=O) groups is 1. The van der Waals surface area contributed by atoms with Gasteiger partial charge in [0.25, 0.3) is 0 Å². The molecule has 1 amide bonds. The van der Waals surface area contributed by atoms with Gasteiger partial charge < -0.3 is 29.9 Å². The number of amides is 1. The summed E-state index contributed by atoms with van der Waals surface area (Å²) in [5.74, 6) is 0.982. The zero-order valence-electron chi connectivity index (χ0n) is 26.7. The Balaban J connectivity index is 1.28. The lowest BCUT2D eigenvalue weighted by molar-refractivity contribution is 0.0520. The maximum absolute atomic E-state index is 12.0. The van der Waals surface area contributed by atoms with Gasteiger partial charge in [0.15, 0.2) is 0 Å². The standard InChI is InChI=1S/C35H46N6O3/c1-24-7-6-8-26(21-24)10-11-27-12-13-29-31(22-27)41(23-30-32(42)14-9-25(2)37-30)33(39-29)38-28-15-18-40(19-16-28)20-17-36-34(43)44-35(3,4)5/h6-9,12-14,21-22,28,42H,10-11,15-20,23H2,1-5H3,(H,36,43)(H,38,39). The number of rotatable bonds is 10. The van der Waals surface area contributed by atoms with Crippen molar-refractivity contribution in [2.45, 2.75) is 78.5 Å². The van der Waals surface area contributed by atoms with E-state index in [1.54, 1.807) is 6.07 Å². The Hall–Kier alpha value is -4.11. The van der Waals surface area contributed by atoms with Gasteiger partial charge in [-0.1, -0.05) is 35.9 Å². The third kappa shape index (κ3) is 8.50. The lowest BCUT2D eigenvalue weighted by Crippen LogP contribution is -2.43. The summed E-state index contributed by atoms with van der Waals surface area (Å²) < 4.78 is 7.50. The van der Waals surface area contributed by atoms with Gasteiger partial charge in [0.2, 0.25) is 5.95 Å². The van der Waals surface area contributed by atoms with Gasteiger partial charge in [-0.05, 0) is 95.7 Å². The van der Waals surface area contributed by atoms with E-state index in [1.807, 2.05) is 33.8 Å². The van der Waals surface area contributed by atoms with Crippen molar-refractivity contribution in [1.29, 1.82) is 0 Å².